The van der Waals surface area contributed by atoms with Crippen LogP contribution >= 0.6 is 11.6 Å². The molecule has 3 aromatic heterocycles. The second-order valence-electron chi connectivity index (χ2n) is 10.4. The number of hydrogen-bond acceptors (Lipinski definition) is 6. The van der Waals surface area contributed by atoms with Crippen LogP contribution in [0, 0.1) is 0 Å². The predicted molar refractivity (Wildman–Crippen MR) is 161 cm³/mol. The lowest BCUT2D eigenvalue weighted by Crippen LogP contribution is -2.24. The van der Waals surface area contributed by atoms with E-state index in [1.807, 2.05) is 41.1 Å². The van der Waals surface area contributed by atoms with Crippen molar-refractivity contribution in [2.75, 3.05) is 6.61 Å². The first kappa shape index (κ1) is 28.3. The van der Waals surface area contributed by atoms with Gasteiger partial charge in [-0.1, -0.05) is 41.9 Å². The van der Waals surface area contributed by atoms with Crippen LogP contribution < -0.4 is 10.3 Å². The van der Waals surface area contributed by atoms with Gasteiger partial charge in [-0.2, -0.15) is 5.10 Å². The van der Waals surface area contributed by atoms with Gasteiger partial charge < -0.3 is 9.30 Å². The van der Waals surface area contributed by atoms with Gasteiger partial charge in [0.1, 0.15) is 4.90 Å². The number of halogens is 1. The molecule has 0 radical (unpaired) electrons. The van der Waals surface area contributed by atoms with Gasteiger partial charge in [0.2, 0.25) is 10.0 Å². The van der Waals surface area contributed by atoms with E-state index in [4.69, 9.17) is 21.4 Å². The number of benzene rings is 2. The van der Waals surface area contributed by atoms with Gasteiger partial charge in [0.05, 0.1) is 24.3 Å². The minimum atomic E-state index is -3.87. The number of sulfonamides is 1. The van der Waals surface area contributed by atoms with Crippen LogP contribution in [-0.2, 0) is 34.3 Å². The van der Waals surface area contributed by atoms with Crippen molar-refractivity contribution in [3.63, 3.8) is 0 Å². The molecule has 1 saturated heterocycles. The Morgan fingerprint density at radius 1 is 0.976 bits per heavy atom. The van der Waals surface area contributed by atoms with Crippen LogP contribution in [0.4, 0.5) is 0 Å². The van der Waals surface area contributed by atoms with Crippen LogP contribution in [0.2, 0.25) is 5.02 Å². The molecule has 1 aliphatic heterocycles. The Labute approximate surface area is 248 Å². The number of nitrogens with one attached hydrogen (secondary N) is 1. The lowest BCUT2D eigenvalue weighted by atomic mass is 10.0. The highest BCUT2D eigenvalue weighted by Crippen LogP contribution is 2.30. The van der Waals surface area contributed by atoms with Gasteiger partial charge in [-0.25, -0.2) is 17.8 Å². The first-order valence-corrected chi connectivity index (χ1v) is 15.7. The largest absolute Gasteiger partial charge is 0.356 e. The molecule has 1 fully saturated rings. The Hall–Kier alpha value is -3.83. The lowest BCUT2D eigenvalue weighted by Gasteiger charge is -2.23. The van der Waals surface area contributed by atoms with Crippen molar-refractivity contribution < 1.29 is 13.2 Å². The monoisotopic (exact) mass is 603 g/mol. The van der Waals surface area contributed by atoms with E-state index >= 15 is 0 Å². The van der Waals surface area contributed by atoms with Gasteiger partial charge in [0.15, 0.2) is 6.23 Å². The van der Waals surface area contributed by atoms with Crippen LogP contribution in [0.5, 0.6) is 0 Å². The maximum Gasteiger partial charge on any atom is 0.250 e. The Kier molecular flexibility index (Phi) is 8.21. The van der Waals surface area contributed by atoms with E-state index in [1.54, 1.807) is 41.2 Å². The quantitative estimate of drug-likeness (QED) is 0.252. The van der Waals surface area contributed by atoms with Gasteiger partial charge in [-0.05, 0) is 72.7 Å². The second kappa shape index (κ2) is 12.2. The summed E-state index contributed by atoms with van der Waals surface area (Å²) < 4.78 is 38.7. The summed E-state index contributed by atoms with van der Waals surface area (Å²) in [4.78, 5) is 16.3. The zero-order valence-electron chi connectivity index (χ0n) is 22.8. The Morgan fingerprint density at radius 3 is 2.60 bits per heavy atom. The lowest BCUT2D eigenvalue weighted by molar-refractivity contribution is -0.0368. The highest BCUT2D eigenvalue weighted by Gasteiger charge is 2.23. The Balaban J connectivity index is 1.16. The summed E-state index contributed by atoms with van der Waals surface area (Å²) >= 11 is 6.28. The number of hydrogen-bond donors (Lipinski definition) is 1. The van der Waals surface area contributed by atoms with Crippen LogP contribution in [0.15, 0.2) is 95.0 Å². The number of rotatable bonds is 9. The summed E-state index contributed by atoms with van der Waals surface area (Å²) in [6, 6.07) is 20.1. The van der Waals surface area contributed by atoms with E-state index in [0.717, 1.165) is 46.9 Å². The summed E-state index contributed by atoms with van der Waals surface area (Å²) in [5.74, 6) is 0. The highest BCUT2D eigenvalue weighted by molar-refractivity contribution is 7.89. The Morgan fingerprint density at radius 2 is 1.81 bits per heavy atom. The molecule has 5 aromatic rings. The van der Waals surface area contributed by atoms with Crippen LogP contribution in [0.3, 0.4) is 0 Å². The molecule has 0 bridgehead atoms. The van der Waals surface area contributed by atoms with Gasteiger partial charge in [-0.15, -0.1) is 0 Å². The molecule has 1 unspecified atom stereocenters. The number of pyridine rings is 2. The van der Waals surface area contributed by atoms with Crippen molar-refractivity contribution in [2.24, 2.45) is 0 Å². The molecule has 9 nitrogen and oxygen atoms in total. The van der Waals surface area contributed by atoms with Crippen LogP contribution in [0.25, 0.3) is 10.9 Å². The number of aromatic nitrogens is 4. The van der Waals surface area contributed by atoms with Crippen molar-refractivity contribution in [2.45, 2.75) is 49.9 Å². The summed E-state index contributed by atoms with van der Waals surface area (Å²) in [5, 5.41) is 6.07. The van der Waals surface area contributed by atoms with Crippen molar-refractivity contribution in [3.05, 3.63) is 123 Å². The molecule has 0 spiro atoms. The van der Waals surface area contributed by atoms with Crippen LogP contribution in [-0.4, -0.2) is 34.4 Å². The second-order valence-corrected chi connectivity index (χ2v) is 12.6. The third-order valence-electron chi connectivity index (χ3n) is 7.37. The molecule has 4 heterocycles. The van der Waals surface area contributed by atoms with E-state index < -0.39 is 10.0 Å². The molecular weight excluding hydrogens is 574 g/mol. The fraction of sp³-hybridized carbons (Fsp3) is 0.258. The number of ether oxygens (including phenoxy) is 1. The topological polar surface area (TPSA) is 108 Å². The van der Waals surface area contributed by atoms with Crippen molar-refractivity contribution >= 4 is 32.5 Å². The first-order valence-electron chi connectivity index (χ1n) is 13.8. The van der Waals surface area contributed by atoms with Crippen molar-refractivity contribution in [1.82, 2.24) is 24.1 Å². The minimum Gasteiger partial charge on any atom is -0.356 e. The van der Waals surface area contributed by atoms with Gasteiger partial charge in [0, 0.05) is 41.7 Å². The average molecular weight is 604 g/mol. The van der Waals surface area contributed by atoms with Gasteiger partial charge in [-0.3, -0.25) is 9.78 Å². The Bertz CT molecular complexity index is 1880. The zero-order chi connectivity index (χ0) is 29.1. The van der Waals surface area contributed by atoms with E-state index in [0.29, 0.717) is 30.3 Å². The van der Waals surface area contributed by atoms with Gasteiger partial charge >= 0.3 is 0 Å². The summed E-state index contributed by atoms with van der Waals surface area (Å²) in [5.41, 5.74) is 4.14. The average Bonchev–Trinajstić information content (AvgIpc) is 3.36. The summed E-state index contributed by atoms with van der Waals surface area (Å²) in [7, 11) is -3.87. The first-order chi connectivity index (χ1) is 20.4. The minimum absolute atomic E-state index is 0.00488. The fourth-order valence-electron chi connectivity index (χ4n) is 5.18. The third kappa shape index (κ3) is 6.32. The molecule has 1 atom stereocenters. The molecule has 42 heavy (non-hydrogen) atoms. The fourth-order valence-corrected chi connectivity index (χ4v) is 6.36. The van der Waals surface area contributed by atoms with Crippen molar-refractivity contribution in [1.29, 1.82) is 0 Å². The number of fused-ring (bicyclic) bond motifs is 1. The molecule has 11 heteroatoms. The normalized spacial score (nSPS) is 15.7. The SMILES string of the molecule is O=c1ccccn1Cc1ccc(Cc2cncc(S(=O)(=O)NCc3nn(C4CCCCO4)c4ccc(Cl)cc34)c2)cc1. The standard InChI is InChI=1S/C31H30ClN5O4S/c32-25-11-12-29-27(17-25)28(35-37(29)31-6-2-4-14-41-31)20-34-42(39,40)26-16-24(18-33-19-26)15-22-7-9-23(10-8-22)21-36-13-3-1-5-30(36)38/h1,3,5,7-13,16-19,31,34H,2,4,6,14-15,20-21H2. The van der Waals surface area contributed by atoms with E-state index in [1.165, 1.54) is 12.3 Å². The highest BCUT2D eigenvalue weighted by atomic mass is 35.5. The van der Waals surface area contributed by atoms with Crippen LogP contribution in [0.1, 0.15) is 47.9 Å². The van der Waals surface area contributed by atoms with E-state index in [-0.39, 0.29) is 23.2 Å². The molecule has 2 aromatic carbocycles. The van der Waals surface area contributed by atoms with Crippen molar-refractivity contribution in [3.8, 4) is 0 Å². The molecule has 1 aliphatic rings. The number of nitrogens with zero attached hydrogens (tertiary/aromatic N) is 4. The maximum atomic E-state index is 13.3. The molecule has 6 rings (SSSR count). The smallest absolute Gasteiger partial charge is 0.250 e. The zero-order valence-corrected chi connectivity index (χ0v) is 24.4. The van der Waals surface area contributed by atoms with E-state index in [2.05, 4.69) is 9.71 Å². The molecule has 1 N–H and O–H groups in total. The molecule has 0 aliphatic carbocycles. The predicted octanol–water partition coefficient (Wildman–Crippen LogP) is 5.06. The van der Waals surface area contributed by atoms with E-state index in [9.17, 15) is 13.2 Å². The maximum absolute atomic E-state index is 13.3. The third-order valence-corrected chi connectivity index (χ3v) is 8.97. The molecule has 0 amide bonds. The van der Waals surface area contributed by atoms with Gasteiger partial charge in [0.25, 0.3) is 5.56 Å². The summed E-state index contributed by atoms with van der Waals surface area (Å²) in [6.07, 6.45) is 8.00. The molecular formula is C31H30ClN5O4S. The molecule has 216 valence electrons. The molecule has 0 saturated carbocycles. The summed E-state index contributed by atoms with van der Waals surface area (Å²) in [6.45, 7) is 1.15.